The summed E-state index contributed by atoms with van der Waals surface area (Å²) < 4.78 is 4.90. The SMILES string of the molecule is COc1ccc(CCON)cc1O. The highest BCUT2D eigenvalue weighted by molar-refractivity contribution is 5.41. The van der Waals surface area contributed by atoms with Gasteiger partial charge in [0.25, 0.3) is 0 Å². The molecule has 0 spiro atoms. The van der Waals surface area contributed by atoms with Crippen molar-refractivity contribution in [2.45, 2.75) is 6.42 Å². The predicted octanol–water partition coefficient (Wildman–Crippen LogP) is 0.834. The van der Waals surface area contributed by atoms with Crippen molar-refractivity contribution in [3.05, 3.63) is 23.8 Å². The van der Waals surface area contributed by atoms with Gasteiger partial charge in [-0.2, -0.15) is 0 Å². The van der Waals surface area contributed by atoms with Crippen LogP contribution in [0.25, 0.3) is 0 Å². The number of phenolic OH excluding ortho intramolecular Hbond substituents is 1. The molecule has 72 valence electrons. The van der Waals surface area contributed by atoms with E-state index in [-0.39, 0.29) is 5.75 Å². The lowest BCUT2D eigenvalue weighted by molar-refractivity contribution is 0.141. The van der Waals surface area contributed by atoms with Crippen LogP contribution in [0.1, 0.15) is 5.56 Å². The molecule has 0 atom stereocenters. The molecular formula is C9H13NO3. The van der Waals surface area contributed by atoms with E-state index in [1.54, 1.807) is 12.1 Å². The first kappa shape index (κ1) is 9.83. The Bertz CT molecular complexity index is 276. The molecule has 0 bridgehead atoms. The van der Waals surface area contributed by atoms with Crippen molar-refractivity contribution in [3.8, 4) is 11.5 Å². The first-order chi connectivity index (χ1) is 6.27. The molecule has 0 fully saturated rings. The first-order valence-corrected chi connectivity index (χ1v) is 3.95. The fourth-order valence-electron chi connectivity index (χ4n) is 1.07. The van der Waals surface area contributed by atoms with Gasteiger partial charge in [0.2, 0.25) is 0 Å². The molecule has 4 heteroatoms. The van der Waals surface area contributed by atoms with Gasteiger partial charge in [-0.05, 0) is 24.1 Å². The molecule has 13 heavy (non-hydrogen) atoms. The maximum atomic E-state index is 9.39. The van der Waals surface area contributed by atoms with Gasteiger partial charge in [0.05, 0.1) is 13.7 Å². The minimum Gasteiger partial charge on any atom is -0.504 e. The normalized spacial score (nSPS) is 10.0. The van der Waals surface area contributed by atoms with Gasteiger partial charge in [0.15, 0.2) is 11.5 Å². The van der Waals surface area contributed by atoms with Crippen LogP contribution in [0.5, 0.6) is 11.5 Å². The minimum absolute atomic E-state index is 0.136. The van der Waals surface area contributed by atoms with Gasteiger partial charge >= 0.3 is 0 Å². The third kappa shape index (κ3) is 2.61. The van der Waals surface area contributed by atoms with E-state index in [0.29, 0.717) is 18.8 Å². The van der Waals surface area contributed by atoms with Crippen LogP contribution in [0.15, 0.2) is 18.2 Å². The fourth-order valence-corrected chi connectivity index (χ4v) is 1.07. The molecule has 3 N–H and O–H groups in total. The zero-order valence-electron chi connectivity index (χ0n) is 7.49. The molecule has 1 aromatic carbocycles. The number of aromatic hydroxyl groups is 1. The van der Waals surface area contributed by atoms with Crippen LogP contribution in [-0.2, 0) is 11.3 Å². The zero-order chi connectivity index (χ0) is 9.68. The van der Waals surface area contributed by atoms with Crippen LogP contribution in [0.3, 0.4) is 0 Å². The average molecular weight is 183 g/mol. The van der Waals surface area contributed by atoms with E-state index in [2.05, 4.69) is 4.84 Å². The first-order valence-electron chi connectivity index (χ1n) is 3.95. The van der Waals surface area contributed by atoms with Crippen LogP contribution in [-0.4, -0.2) is 18.8 Å². The van der Waals surface area contributed by atoms with Crippen molar-refractivity contribution < 1.29 is 14.7 Å². The Morgan fingerprint density at radius 1 is 1.46 bits per heavy atom. The predicted molar refractivity (Wildman–Crippen MR) is 48.5 cm³/mol. The van der Waals surface area contributed by atoms with Crippen LogP contribution >= 0.6 is 0 Å². The van der Waals surface area contributed by atoms with Gasteiger partial charge in [-0.25, -0.2) is 5.90 Å². The van der Waals surface area contributed by atoms with Crippen molar-refractivity contribution in [1.29, 1.82) is 0 Å². The number of hydrogen-bond donors (Lipinski definition) is 2. The second kappa shape index (κ2) is 4.69. The topological polar surface area (TPSA) is 64.7 Å². The van der Waals surface area contributed by atoms with E-state index < -0.39 is 0 Å². The molecule has 0 saturated heterocycles. The summed E-state index contributed by atoms with van der Waals surface area (Å²) in [4.78, 5) is 4.43. The van der Waals surface area contributed by atoms with Crippen LogP contribution in [0.2, 0.25) is 0 Å². The Morgan fingerprint density at radius 3 is 2.77 bits per heavy atom. The van der Waals surface area contributed by atoms with E-state index >= 15 is 0 Å². The summed E-state index contributed by atoms with van der Waals surface area (Å²) in [5, 5.41) is 9.39. The number of benzene rings is 1. The number of phenols is 1. The van der Waals surface area contributed by atoms with Crippen LogP contribution in [0.4, 0.5) is 0 Å². The third-order valence-corrected chi connectivity index (χ3v) is 1.75. The van der Waals surface area contributed by atoms with E-state index in [1.165, 1.54) is 7.11 Å². The van der Waals surface area contributed by atoms with Crippen molar-refractivity contribution in [2.24, 2.45) is 5.90 Å². The Hall–Kier alpha value is -1.26. The number of nitrogens with two attached hydrogens (primary N) is 1. The highest BCUT2D eigenvalue weighted by atomic mass is 16.6. The molecule has 0 aliphatic carbocycles. The standard InChI is InChI=1S/C9H13NO3/c1-12-9-3-2-7(4-5-13-10)6-8(9)11/h2-3,6,11H,4-5,10H2,1H3. The summed E-state index contributed by atoms with van der Waals surface area (Å²) in [7, 11) is 1.51. The van der Waals surface area contributed by atoms with Gasteiger partial charge < -0.3 is 14.7 Å². The smallest absolute Gasteiger partial charge is 0.160 e. The molecule has 0 aromatic heterocycles. The quantitative estimate of drug-likeness (QED) is 0.679. The largest absolute Gasteiger partial charge is 0.504 e. The molecule has 0 heterocycles. The second-order valence-electron chi connectivity index (χ2n) is 2.63. The minimum atomic E-state index is 0.136. The van der Waals surface area contributed by atoms with Gasteiger partial charge in [-0.3, -0.25) is 0 Å². The summed E-state index contributed by atoms with van der Waals surface area (Å²) in [5.74, 6) is 5.49. The van der Waals surface area contributed by atoms with Gasteiger partial charge in [-0.1, -0.05) is 6.07 Å². The number of rotatable bonds is 4. The van der Waals surface area contributed by atoms with E-state index in [9.17, 15) is 5.11 Å². The summed E-state index contributed by atoms with van der Waals surface area (Å²) in [6.07, 6.45) is 0.675. The maximum absolute atomic E-state index is 9.39. The molecule has 0 unspecified atom stereocenters. The lowest BCUT2D eigenvalue weighted by atomic mass is 10.1. The zero-order valence-corrected chi connectivity index (χ0v) is 7.49. The number of ether oxygens (including phenoxy) is 1. The lowest BCUT2D eigenvalue weighted by Gasteiger charge is -2.05. The van der Waals surface area contributed by atoms with Crippen molar-refractivity contribution >= 4 is 0 Å². The molecule has 0 aliphatic rings. The summed E-state index contributed by atoms with van der Waals surface area (Å²) in [5.41, 5.74) is 0.962. The summed E-state index contributed by atoms with van der Waals surface area (Å²) in [6, 6.07) is 5.20. The fraction of sp³-hybridized carbons (Fsp3) is 0.333. The Balaban J connectivity index is 2.71. The molecule has 1 aromatic rings. The monoisotopic (exact) mass is 183 g/mol. The molecular weight excluding hydrogens is 170 g/mol. The Kier molecular flexibility index (Phi) is 3.54. The molecule has 0 saturated carbocycles. The lowest BCUT2D eigenvalue weighted by Crippen LogP contribution is -2.03. The van der Waals surface area contributed by atoms with Crippen LogP contribution in [0, 0.1) is 0 Å². The maximum Gasteiger partial charge on any atom is 0.160 e. The molecule has 0 radical (unpaired) electrons. The van der Waals surface area contributed by atoms with E-state index in [0.717, 1.165) is 5.56 Å². The highest BCUT2D eigenvalue weighted by Gasteiger charge is 2.01. The van der Waals surface area contributed by atoms with Crippen molar-refractivity contribution in [3.63, 3.8) is 0 Å². The molecule has 0 aliphatic heterocycles. The van der Waals surface area contributed by atoms with Crippen molar-refractivity contribution in [2.75, 3.05) is 13.7 Å². The highest BCUT2D eigenvalue weighted by Crippen LogP contribution is 2.26. The second-order valence-corrected chi connectivity index (χ2v) is 2.63. The van der Waals surface area contributed by atoms with Gasteiger partial charge in [-0.15, -0.1) is 0 Å². The van der Waals surface area contributed by atoms with Crippen LogP contribution < -0.4 is 10.6 Å². The van der Waals surface area contributed by atoms with Crippen molar-refractivity contribution in [1.82, 2.24) is 0 Å². The Labute approximate surface area is 76.8 Å². The van der Waals surface area contributed by atoms with Gasteiger partial charge in [0.1, 0.15) is 0 Å². The molecule has 4 nitrogen and oxygen atoms in total. The van der Waals surface area contributed by atoms with Gasteiger partial charge in [0, 0.05) is 0 Å². The summed E-state index contributed by atoms with van der Waals surface area (Å²) in [6.45, 7) is 0.436. The van der Waals surface area contributed by atoms with E-state index in [1.807, 2.05) is 6.07 Å². The number of methoxy groups -OCH3 is 1. The van der Waals surface area contributed by atoms with E-state index in [4.69, 9.17) is 10.6 Å². The Morgan fingerprint density at radius 2 is 2.23 bits per heavy atom. The molecule has 1 rings (SSSR count). The average Bonchev–Trinajstić information content (AvgIpc) is 2.15. The third-order valence-electron chi connectivity index (χ3n) is 1.75. The number of hydrogen-bond acceptors (Lipinski definition) is 4. The molecule has 0 amide bonds. The summed E-state index contributed by atoms with van der Waals surface area (Å²) >= 11 is 0.